The molecule has 0 aliphatic carbocycles. The van der Waals surface area contributed by atoms with Gasteiger partial charge in [0.2, 0.25) is 11.5 Å². The minimum absolute atomic E-state index is 0.0586. The van der Waals surface area contributed by atoms with Crippen molar-refractivity contribution in [2.24, 2.45) is 0 Å². The molecule has 2 aliphatic heterocycles. The predicted octanol–water partition coefficient (Wildman–Crippen LogP) is 4.42. The summed E-state index contributed by atoms with van der Waals surface area (Å²) in [5.41, 5.74) is 0.851. The highest BCUT2D eigenvalue weighted by atomic mass is 16.6. The fraction of sp³-hybridized carbons (Fsp3) is 0.300. The molecule has 8 heteroatoms. The SMILES string of the molecule is CC1=C[C@@]2(Oc3c1cc([N+](=O)[O-])cc3[N+](=O)[O-])N(C)c1ccccc1C2(C)C. The van der Waals surface area contributed by atoms with E-state index in [-0.39, 0.29) is 11.4 Å². The van der Waals surface area contributed by atoms with Crippen molar-refractivity contribution in [3.63, 3.8) is 0 Å². The summed E-state index contributed by atoms with van der Waals surface area (Å²) in [5, 5.41) is 22.9. The molecule has 0 aromatic heterocycles. The molecule has 2 aromatic rings. The lowest BCUT2D eigenvalue weighted by molar-refractivity contribution is -0.395. The Morgan fingerprint density at radius 3 is 2.36 bits per heavy atom. The van der Waals surface area contributed by atoms with Crippen molar-refractivity contribution >= 4 is 22.6 Å². The summed E-state index contributed by atoms with van der Waals surface area (Å²) < 4.78 is 6.37. The van der Waals surface area contributed by atoms with E-state index in [1.807, 2.05) is 56.1 Å². The van der Waals surface area contributed by atoms with Crippen LogP contribution in [-0.2, 0) is 5.41 Å². The van der Waals surface area contributed by atoms with Crippen molar-refractivity contribution in [3.8, 4) is 5.75 Å². The maximum absolute atomic E-state index is 11.7. The van der Waals surface area contributed by atoms with Gasteiger partial charge in [0.15, 0.2) is 0 Å². The lowest BCUT2D eigenvalue weighted by atomic mass is 9.75. The molecule has 0 saturated heterocycles. The van der Waals surface area contributed by atoms with Gasteiger partial charge >= 0.3 is 5.69 Å². The van der Waals surface area contributed by atoms with Crippen LogP contribution in [0.15, 0.2) is 42.5 Å². The summed E-state index contributed by atoms with van der Waals surface area (Å²) in [6.07, 6.45) is 1.91. The van der Waals surface area contributed by atoms with Crippen LogP contribution in [0.4, 0.5) is 17.1 Å². The lowest BCUT2D eigenvalue weighted by Crippen LogP contribution is -2.58. The third-order valence-corrected chi connectivity index (χ3v) is 5.89. The second kappa shape index (κ2) is 5.54. The van der Waals surface area contributed by atoms with Crippen molar-refractivity contribution in [3.05, 3.63) is 73.8 Å². The highest BCUT2D eigenvalue weighted by Crippen LogP contribution is 2.56. The Hall–Kier alpha value is -3.42. The summed E-state index contributed by atoms with van der Waals surface area (Å²) in [5.74, 6) is 0.0586. The third-order valence-electron chi connectivity index (χ3n) is 5.89. The van der Waals surface area contributed by atoms with Crippen LogP contribution in [-0.4, -0.2) is 22.6 Å². The van der Waals surface area contributed by atoms with Crippen LogP contribution in [0.2, 0.25) is 0 Å². The van der Waals surface area contributed by atoms with Crippen LogP contribution >= 0.6 is 0 Å². The predicted molar refractivity (Wildman–Crippen MR) is 105 cm³/mol. The first-order valence-electron chi connectivity index (χ1n) is 8.79. The van der Waals surface area contributed by atoms with E-state index in [1.54, 1.807) is 6.92 Å². The Kier molecular flexibility index (Phi) is 3.56. The molecule has 2 aliphatic rings. The van der Waals surface area contributed by atoms with Gasteiger partial charge in [-0.15, -0.1) is 0 Å². The van der Waals surface area contributed by atoms with Crippen molar-refractivity contribution in [1.82, 2.24) is 0 Å². The number of benzene rings is 2. The quantitative estimate of drug-likeness (QED) is 0.564. The zero-order valence-corrected chi connectivity index (χ0v) is 15.9. The van der Waals surface area contributed by atoms with Gasteiger partial charge in [-0.05, 0) is 44.1 Å². The van der Waals surface area contributed by atoms with E-state index in [2.05, 4.69) is 0 Å². The number of fused-ring (bicyclic) bond motifs is 2. The first kappa shape index (κ1) is 18.0. The van der Waals surface area contributed by atoms with E-state index < -0.39 is 26.7 Å². The number of allylic oxidation sites excluding steroid dienone is 1. The van der Waals surface area contributed by atoms with Gasteiger partial charge in [0.05, 0.1) is 21.3 Å². The van der Waals surface area contributed by atoms with Crippen LogP contribution in [0.1, 0.15) is 31.9 Å². The van der Waals surface area contributed by atoms with Gasteiger partial charge in [0, 0.05) is 24.4 Å². The maximum atomic E-state index is 11.7. The maximum Gasteiger partial charge on any atom is 0.318 e. The highest BCUT2D eigenvalue weighted by molar-refractivity contribution is 5.81. The molecule has 1 spiro atoms. The van der Waals surface area contributed by atoms with Crippen molar-refractivity contribution in [2.75, 3.05) is 11.9 Å². The number of anilines is 1. The summed E-state index contributed by atoms with van der Waals surface area (Å²) in [6, 6.07) is 10.2. The molecule has 0 bridgehead atoms. The smallest absolute Gasteiger partial charge is 0.318 e. The monoisotopic (exact) mass is 381 g/mol. The van der Waals surface area contributed by atoms with Crippen molar-refractivity contribution in [1.29, 1.82) is 0 Å². The Balaban J connectivity index is 1.98. The standard InChI is InChI=1S/C20H19N3O5/c1-12-11-20(19(2,3)15-7-5-6-8-16(15)21(20)4)28-18-14(12)9-13(22(24)25)10-17(18)23(26)27/h5-11H,1-4H3/t20-/m0/s1. The van der Waals surface area contributed by atoms with E-state index in [0.717, 1.165) is 17.3 Å². The molecular formula is C20H19N3O5. The number of hydrogen-bond donors (Lipinski definition) is 0. The molecule has 0 fully saturated rings. The normalized spacial score (nSPS) is 21.6. The fourth-order valence-electron chi connectivity index (χ4n) is 4.36. The van der Waals surface area contributed by atoms with Gasteiger partial charge in [0.1, 0.15) is 0 Å². The van der Waals surface area contributed by atoms with Crippen LogP contribution < -0.4 is 9.64 Å². The Bertz CT molecular complexity index is 1080. The molecule has 4 rings (SSSR count). The Morgan fingerprint density at radius 2 is 1.75 bits per heavy atom. The molecule has 2 heterocycles. The molecule has 1 atom stereocenters. The van der Waals surface area contributed by atoms with E-state index >= 15 is 0 Å². The second-order valence-electron chi connectivity index (χ2n) is 7.68. The summed E-state index contributed by atoms with van der Waals surface area (Å²) in [6.45, 7) is 5.85. The summed E-state index contributed by atoms with van der Waals surface area (Å²) in [4.78, 5) is 23.6. The number of likely N-dealkylation sites (N-methyl/N-ethyl adjacent to an activating group) is 1. The van der Waals surface area contributed by atoms with Crippen molar-refractivity contribution in [2.45, 2.75) is 31.9 Å². The number of nitro benzene ring substituents is 2. The number of hydrogen-bond acceptors (Lipinski definition) is 6. The molecule has 0 amide bonds. The average molecular weight is 381 g/mol. The third kappa shape index (κ3) is 2.11. The van der Waals surface area contributed by atoms with Crippen LogP contribution in [0.25, 0.3) is 5.57 Å². The summed E-state index contributed by atoms with van der Waals surface area (Å²) >= 11 is 0. The largest absolute Gasteiger partial charge is 0.456 e. The molecule has 0 N–H and O–H groups in total. The van der Waals surface area contributed by atoms with E-state index in [4.69, 9.17) is 4.74 Å². The van der Waals surface area contributed by atoms with Gasteiger partial charge in [-0.2, -0.15) is 0 Å². The van der Waals surface area contributed by atoms with Crippen molar-refractivity contribution < 1.29 is 14.6 Å². The minimum Gasteiger partial charge on any atom is -0.456 e. The van der Waals surface area contributed by atoms with Gasteiger partial charge in [-0.3, -0.25) is 20.2 Å². The number of rotatable bonds is 2. The van der Waals surface area contributed by atoms with E-state index in [0.29, 0.717) is 11.1 Å². The topological polar surface area (TPSA) is 98.8 Å². The number of para-hydroxylation sites is 1. The average Bonchev–Trinajstić information content (AvgIpc) is 2.80. The first-order chi connectivity index (χ1) is 13.1. The second-order valence-corrected chi connectivity index (χ2v) is 7.68. The van der Waals surface area contributed by atoms with Crippen LogP contribution in [0, 0.1) is 20.2 Å². The fourth-order valence-corrected chi connectivity index (χ4v) is 4.36. The highest BCUT2D eigenvalue weighted by Gasteiger charge is 2.59. The van der Waals surface area contributed by atoms with Crippen LogP contribution in [0.3, 0.4) is 0 Å². The number of non-ortho nitro benzene ring substituents is 1. The number of nitrogens with zero attached hydrogens (tertiary/aromatic N) is 3. The molecule has 0 unspecified atom stereocenters. The molecule has 0 saturated carbocycles. The van der Waals surface area contributed by atoms with E-state index in [9.17, 15) is 20.2 Å². The number of nitro groups is 2. The van der Waals surface area contributed by atoms with Gasteiger partial charge < -0.3 is 9.64 Å². The van der Waals surface area contributed by atoms with Crippen LogP contribution in [0.5, 0.6) is 5.75 Å². The minimum atomic E-state index is -0.991. The van der Waals surface area contributed by atoms with Gasteiger partial charge in [-0.1, -0.05) is 18.2 Å². The zero-order chi connectivity index (χ0) is 20.4. The van der Waals surface area contributed by atoms with E-state index in [1.165, 1.54) is 6.07 Å². The lowest BCUT2D eigenvalue weighted by Gasteiger charge is -2.46. The molecule has 0 radical (unpaired) electrons. The molecule has 2 aromatic carbocycles. The Morgan fingerprint density at radius 1 is 1.07 bits per heavy atom. The zero-order valence-electron chi connectivity index (χ0n) is 15.9. The van der Waals surface area contributed by atoms with Gasteiger partial charge in [-0.25, -0.2) is 0 Å². The molecule has 144 valence electrons. The molecular weight excluding hydrogens is 362 g/mol. The van der Waals surface area contributed by atoms with Gasteiger partial charge in [0.25, 0.3) is 5.69 Å². The summed E-state index contributed by atoms with van der Waals surface area (Å²) in [7, 11) is 1.89. The molecule has 8 nitrogen and oxygen atoms in total. The first-order valence-corrected chi connectivity index (χ1v) is 8.79. The molecule has 28 heavy (non-hydrogen) atoms. The number of ether oxygens (including phenoxy) is 1. The Labute approximate surface area is 161 Å².